The molecular weight excluding hydrogens is 244 g/mol. The standard InChI is InChI=1S/C13H18N4O2/c18-12(15-9-6-8-2-3-11(9)19-8)10-7-17-5-1-4-14-13(17)16-10/h7-9,11H,1-6H2,(H,14,16)(H,15,18). The first-order chi connectivity index (χ1) is 9.29. The van der Waals surface area contributed by atoms with Gasteiger partial charge in [0.25, 0.3) is 5.91 Å². The number of hydrogen-bond donors (Lipinski definition) is 2. The molecule has 3 unspecified atom stereocenters. The van der Waals surface area contributed by atoms with Gasteiger partial charge in [-0.1, -0.05) is 0 Å². The fraction of sp³-hybridized carbons (Fsp3) is 0.692. The Balaban J connectivity index is 1.47. The molecule has 2 fully saturated rings. The number of carbonyl (C=O) groups excluding carboxylic acids is 1. The van der Waals surface area contributed by atoms with E-state index in [2.05, 4.69) is 15.6 Å². The first kappa shape index (κ1) is 11.3. The number of carbonyl (C=O) groups is 1. The van der Waals surface area contributed by atoms with Crippen LogP contribution in [0.2, 0.25) is 0 Å². The number of anilines is 1. The third-order valence-electron chi connectivity index (χ3n) is 4.29. The predicted molar refractivity (Wildman–Crippen MR) is 69.1 cm³/mol. The maximum atomic E-state index is 12.2. The maximum absolute atomic E-state index is 12.2. The first-order valence-corrected chi connectivity index (χ1v) is 7.07. The number of nitrogens with zero attached hydrogens (tertiary/aromatic N) is 2. The van der Waals surface area contributed by atoms with Gasteiger partial charge in [0, 0.05) is 19.3 Å². The van der Waals surface area contributed by atoms with E-state index < -0.39 is 0 Å². The normalized spacial score (nSPS) is 31.9. The van der Waals surface area contributed by atoms with Crippen molar-refractivity contribution < 1.29 is 9.53 Å². The highest BCUT2D eigenvalue weighted by Crippen LogP contribution is 2.34. The zero-order valence-electron chi connectivity index (χ0n) is 10.8. The molecule has 0 spiro atoms. The Morgan fingerprint density at radius 2 is 2.47 bits per heavy atom. The molecule has 0 radical (unpaired) electrons. The van der Waals surface area contributed by atoms with E-state index in [0.29, 0.717) is 11.8 Å². The van der Waals surface area contributed by atoms with Gasteiger partial charge in [-0.15, -0.1) is 0 Å². The molecule has 3 aliphatic rings. The molecule has 1 amide bonds. The molecule has 0 aliphatic carbocycles. The van der Waals surface area contributed by atoms with Crippen LogP contribution < -0.4 is 10.6 Å². The lowest BCUT2D eigenvalue weighted by Crippen LogP contribution is -2.41. The minimum atomic E-state index is -0.0788. The van der Waals surface area contributed by atoms with Crippen LogP contribution >= 0.6 is 0 Å². The molecule has 0 saturated carbocycles. The number of aromatic nitrogens is 2. The van der Waals surface area contributed by atoms with Crippen molar-refractivity contribution in [3.63, 3.8) is 0 Å². The fourth-order valence-corrected chi connectivity index (χ4v) is 3.32. The Hall–Kier alpha value is -1.56. The van der Waals surface area contributed by atoms with Gasteiger partial charge in [0.2, 0.25) is 5.95 Å². The molecule has 3 aliphatic heterocycles. The molecule has 2 bridgehead atoms. The molecule has 0 aromatic carbocycles. The Labute approximate surface area is 111 Å². The number of fused-ring (bicyclic) bond motifs is 3. The largest absolute Gasteiger partial charge is 0.373 e. The van der Waals surface area contributed by atoms with Crippen molar-refractivity contribution in [3.05, 3.63) is 11.9 Å². The summed E-state index contributed by atoms with van der Waals surface area (Å²) in [6.45, 7) is 1.86. The van der Waals surface area contributed by atoms with E-state index >= 15 is 0 Å². The SMILES string of the molecule is O=C(NC1CC2CCC1O2)c1cn2c(n1)NCCC2. The third-order valence-corrected chi connectivity index (χ3v) is 4.29. The van der Waals surface area contributed by atoms with E-state index in [1.807, 2.05) is 10.8 Å². The second-order valence-electron chi connectivity index (χ2n) is 5.61. The molecule has 4 heterocycles. The first-order valence-electron chi connectivity index (χ1n) is 7.07. The van der Waals surface area contributed by atoms with Gasteiger partial charge in [-0.3, -0.25) is 4.79 Å². The average Bonchev–Trinajstić information content (AvgIpc) is 3.12. The fourth-order valence-electron chi connectivity index (χ4n) is 3.32. The van der Waals surface area contributed by atoms with E-state index in [9.17, 15) is 4.79 Å². The van der Waals surface area contributed by atoms with Crippen molar-refractivity contribution in [1.82, 2.24) is 14.9 Å². The van der Waals surface area contributed by atoms with Crippen LogP contribution in [-0.4, -0.2) is 40.3 Å². The monoisotopic (exact) mass is 262 g/mol. The molecule has 1 aromatic heterocycles. The lowest BCUT2D eigenvalue weighted by Gasteiger charge is -2.19. The lowest BCUT2D eigenvalue weighted by molar-refractivity contribution is 0.0837. The Morgan fingerprint density at radius 1 is 1.53 bits per heavy atom. The van der Waals surface area contributed by atoms with E-state index in [1.54, 1.807) is 0 Å². The van der Waals surface area contributed by atoms with Gasteiger partial charge in [-0.2, -0.15) is 0 Å². The molecule has 2 saturated heterocycles. The van der Waals surface area contributed by atoms with Gasteiger partial charge in [-0.25, -0.2) is 4.98 Å². The van der Waals surface area contributed by atoms with Crippen molar-refractivity contribution in [3.8, 4) is 0 Å². The number of amides is 1. The summed E-state index contributed by atoms with van der Waals surface area (Å²) in [5, 5.41) is 6.27. The average molecular weight is 262 g/mol. The predicted octanol–water partition coefficient (Wildman–Crippen LogP) is 0.748. The summed E-state index contributed by atoms with van der Waals surface area (Å²) < 4.78 is 7.76. The summed E-state index contributed by atoms with van der Waals surface area (Å²) in [6.07, 6.45) is 6.63. The van der Waals surface area contributed by atoms with E-state index in [-0.39, 0.29) is 18.1 Å². The number of nitrogens with one attached hydrogen (secondary N) is 2. The van der Waals surface area contributed by atoms with Crippen LogP contribution in [0, 0.1) is 0 Å². The zero-order chi connectivity index (χ0) is 12.8. The van der Waals surface area contributed by atoms with Gasteiger partial charge in [-0.05, 0) is 25.7 Å². The second-order valence-corrected chi connectivity index (χ2v) is 5.61. The van der Waals surface area contributed by atoms with E-state index in [0.717, 1.165) is 44.7 Å². The third kappa shape index (κ3) is 1.90. The van der Waals surface area contributed by atoms with Crippen molar-refractivity contribution in [2.45, 2.75) is 50.5 Å². The molecule has 102 valence electrons. The molecule has 19 heavy (non-hydrogen) atoms. The van der Waals surface area contributed by atoms with Crippen molar-refractivity contribution in [1.29, 1.82) is 0 Å². The molecule has 3 atom stereocenters. The maximum Gasteiger partial charge on any atom is 0.271 e. The number of aryl methyl sites for hydroxylation is 1. The van der Waals surface area contributed by atoms with Crippen LogP contribution in [0.4, 0.5) is 5.95 Å². The topological polar surface area (TPSA) is 68.2 Å². The van der Waals surface area contributed by atoms with Gasteiger partial charge in [0.1, 0.15) is 5.69 Å². The van der Waals surface area contributed by atoms with Crippen LogP contribution in [0.5, 0.6) is 0 Å². The van der Waals surface area contributed by atoms with Crippen LogP contribution in [0.15, 0.2) is 6.20 Å². The molecule has 4 rings (SSSR count). The highest BCUT2D eigenvalue weighted by molar-refractivity contribution is 5.92. The Bertz CT molecular complexity index is 489. The van der Waals surface area contributed by atoms with Crippen molar-refractivity contribution in [2.24, 2.45) is 0 Å². The molecule has 6 nitrogen and oxygen atoms in total. The van der Waals surface area contributed by atoms with E-state index in [4.69, 9.17) is 4.74 Å². The van der Waals surface area contributed by atoms with Crippen molar-refractivity contribution in [2.75, 3.05) is 11.9 Å². The summed E-state index contributed by atoms with van der Waals surface area (Å²) in [6, 6.07) is 0.165. The summed E-state index contributed by atoms with van der Waals surface area (Å²) >= 11 is 0. The van der Waals surface area contributed by atoms with Crippen LogP contribution in [-0.2, 0) is 11.3 Å². The number of hydrogen-bond acceptors (Lipinski definition) is 4. The Morgan fingerprint density at radius 3 is 3.21 bits per heavy atom. The molecule has 2 N–H and O–H groups in total. The van der Waals surface area contributed by atoms with Crippen LogP contribution in [0.1, 0.15) is 36.2 Å². The van der Waals surface area contributed by atoms with Gasteiger partial charge < -0.3 is 19.9 Å². The summed E-state index contributed by atoms with van der Waals surface area (Å²) in [5.74, 6) is 0.727. The van der Waals surface area contributed by atoms with Gasteiger partial charge in [0.05, 0.1) is 18.2 Å². The van der Waals surface area contributed by atoms with E-state index in [1.165, 1.54) is 0 Å². The zero-order valence-corrected chi connectivity index (χ0v) is 10.8. The highest BCUT2D eigenvalue weighted by Gasteiger charge is 2.41. The summed E-state index contributed by atoms with van der Waals surface area (Å²) in [4.78, 5) is 16.6. The van der Waals surface area contributed by atoms with Gasteiger partial charge >= 0.3 is 0 Å². The van der Waals surface area contributed by atoms with Crippen LogP contribution in [0.3, 0.4) is 0 Å². The second kappa shape index (κ2) is 4.23. The lowest BCUT2D eigenvalue weighted by atomic mass is 9.95. The number of rotatable bonds is 2. The molecule has 1 aromatic rings. The van der Waals surface area contributed by atoms with Gasteiger partial charge in [0.15, 0.2) is 0 Å². The minimum absolute atomic E-state index is 0.0788. The quantitative estimate of drug-likeness (QED) is 0.825. The molecule has 6 heteroatoms. The van der Waals surface area contributed by atoms with Crippen LogP contribution in [0.25, 0.3) is 0 Å². The summed E-state index contributed by atoms with van der Waals surface area (Å²) in [7, 11) is 0. The summed E-state index contributed by atoms with van der Waals surface area (Å²) in [5.41, 5.74) is 0.507. The minimum Gasteiger partial charge on any atom is -0.373 e. The number of imidazole rings is 1. The Kier molecular flexibility index (Phi) is 2.51. The molecular formula is C13H18N4O2. The van der Waals surface area contributed by atoms with Crippen molar-refractivity contribution >= 4 is 11.9 Å². The highest BCUT2D eigenvalue weighted by atomic mass is 16.5. The smallest absolute Gasteiger partial charge is 0.271 e. The number of ether oxygens (including phenoxy) is 1.